The van der Waals surface area contributed by atoms with E-state index in [1.165, 1.54) is 12.0 Å². The first-order valence-electron chi connectivity index (χ1n) is 12.5. The minimum absolute atomic E-state index is 0.000333. The van der Waals surface area contributed by atoms with Gasteiger partial charge in [0.05, 0.1) is 24.3 Å². The molecular formula is C27H28F6N4O3. The van der Waals surface area contributed by atoms with Gasteiger partial charge in [-0.3, -0.25) is 14.5 Å². The normalized spacial score (nSPS) is 16.9. The van der Waals surface area contributed by atoms with Crippen molar-refractivity contribution < 1.29 is 40.7 Å². The van der Waals surface area contributed by atoms with Crippen molar-refractivity contribution in [3.63, 3.8) is 0 Å². The second-order valence-electron chi connectivity index (χ2n) is 9.59. The Balaban J connectivity index is 1.64. The number of alkyl halides is 6. The molecule has 7 nitrogen and oxygen atoms in total. The van der Waals surface area contributed by atoms with Gasteiger partial charge in [-0.1, -0.05) is 18.2 Å². The number of methoxy groups -OCH3 is 1. The number of fused-ring (bicyclic) bond motifs is 1. The molecule has 1 unspecified atom stereocenters. The summed E-state index contributed by atoms with van der Waals surface area (Å²) in [5.74, 6) is -1.21. The van der Waals surface area contributed by atoms with Crippen LogP contribution in [0.15, 0.2) is 48.7 Å². The van der Waals surface area contributed by atoms with Gasteiger partial charge in [0.15, 0.2) is 0 Å². The third-order valence-electron chi connectivity index (χ3n) is 6.79. The Labute approximate surface area is 226 Å². The minimum Gasteiger partial charge on any atom is -0.383 e. The predicted molar refractivity (Wildman–Crippen MR) is 135 cm³/mol. The zero-order valence-corrected chi connectivity index (χ0v) is 21.5. The summed E-state index contributed by atoms with van der Waals surface area (Å²) in [7, 11) is 1.50. The maximum atomic E-state index is 13.5. The standard InChI is InChI=1S/C27H28F6N4O3/c1-40-9-6-34-24(38)16-36-7-8-37(21(15-36)12-18-14-35-23-5-3-2-4-22(18)23)25(39)17-10-19(26(28,29)30)13-20(11-17)27(31,32)33/h2-5,10-11,13-14,21,35H,6-9,12,15-16H2,1H3,(H,34,38). The van der Waals surface area contributed by atoms with Crippen molar-refractivity contribution in [2.24, 2.45) is 0 Å². The van der Waals surface area contributed by atoms with E-state index in [1.54, 1.807) is 11.1 Å². The van der Waals surface area contributed by atoms with Gasteiger partial charge < -0.3 is 19.9 Å². The molecule has 0 aliphatic carbocycles. The van der Waals surface area contributed by atoms with Crippen molar-refractivity contribution in [1.82, 2.24) is 20.1 Å². The fourth-order valence-electron chi connectivity index (χ4n) is 4.86. The van der Waals surface area contributed by atoms with E-state index in [1.807, 2.05) is 24.3 Å². The molecule has 2 aromatic carbocycles. The maximum absolute atomic E-state index is 13.5. The maximum Gasteiger partial charge on any atom is 0.416 e. The number of ether oxygens (including phenoxy) is 1. The van der Waals surface area contributed by atoms with Crippen LogP contribution in [0, 0.1) is 0 Å². The number of H-pyrrole nitrogens is 1. The summed E-state index contributed by atoms with van der Waals surface area (Å²) in [4.78, 5) is 32.2. The molecule has 1 fully saturated rings. The molecule has 4 rings (SSSR count). The second-order valence-corrected chi connectivity index (χ2v) is 9.59. The highest BCUT2D eigenvalue weighted by Crippen LogP contribution is 2.37. The molecule has 0 spiro atoms. The number of benzene rings is 2. The first-order chi connectivity index (χ1) is 18.9. The van der Waals surface area contributed by atoms with Crippen LogP contribution in [0.5, 0.6) is 0 Å². The van der Waals surface area contributed by atoms with E-state index in [0.717, 1.165) is 16.5 Å². The van der Waals surface area contributed by atoms with Gasteiger partial charge in [0, 0.05) is 62.0 Å². The van der Waals surface area contributed by atoms with E-state index in [9.17, 15) is 35.9 Å². The van der Waals surface area contributed by atoms with E-state index in [2.05, 4.69) is 10.3 Å². The van der Waals surface area contributed by atoms with E-state index < -0.39 is 41.0 Å². The Morgan fingerprint density at radius 1 is 1.02 bits per heavy atom. The van der Waals surface area contributed by atoms with Gasteiger partial charge in [0.2, 0.25) is 5.91 Å². The molecule has 2 N–H and O–H groups in total. The van der Waals surface area contributed by atoms with Crippen LogP contribution >= 0.6 is 0 Å². The van der Waals surface area contributed by atoms with Gasteiger partial charge in [-0.15, -0.1) is 0 Å². The first-order valence-corrected chi connectivity index (χ1v) is 12.5. The van der Waals surface area contributed by atoms with Crippen LogP contribution in [-0.4, -0.2) is 79.1 Å². The number of amides is 2. The second kappa shape index (κ2) is 11.9. The van der Waals surface area contributed by atoms with Gasteiger partial charge in [0.25, 0.3) is 5.91 Å². The quantitative estimate of drug-likeness (QED) is 0.312. The topological polar surface area (TPSA) is 77.7 Å². The summed E-state index contributed by atoms with van der Waals surface area (Å²) in [6.07, 6.45) is -8.12. The molecule has 2 heterocycles. The van der Waals surface area contributed by atoms with E-state index in [4.69, 9.17) is 4.74 Å². The number of para-hydroxylation sites is 1. The summed E-state index contributed by atoms with van der Waals surface area (Å²) in [6.45, 7) is 1.05. The number of aromatic amines is 1. The SMILES string of the molecule is COCCNC(=O)CN1CCN(C(=O)c2cc(C(F)(F)F)cc(C(F)(F)F)c2)C(Cc2c[nH]c3ccccc23)C1. The number of hydrogen-bond acceptors (Lipinski definition) is 4. The van der Waals surface area contributed by atoms with Crippen molar-refractivity contribution >= 4 is 22.7 Å². The number of carbonyl (C=O) groups is 2. The van der Waals surface area contributed by atoms with Crippen LogP contribution in [0.3, 0.4) is 0 Å². The fraction of sp³-hybridized carbons (Fsp3) is 0.407. The van der Waals surface area contributed by atoms with Crippen molar-refractivity contribution in [2.45, 2.75) is 24.8 Å². The molecule has 1 aliphatic heterocycles. The third-order valence-corrected chi connectivity index (χ3v) is 6.79. The van der Waals surface area contributed by atoms with Crippen molar-refractivity contribution in [1.29, 1.82) is 0 Å². The average Bonchev–Trinajstić information content (AvgIpc) is 3.30. The summed E-state index contributed by atoms with van der Waals surface area (Å²) in [5.41, 5.74) is -2.13. The Kier molecular flexibility index (Phi) is 8.74. The number of piperazine rings is 1. The van der Waals surface area contributed by atoms with Crippen LogP contribution in [0.25, 0.3) is 10.9 Å². The molecule has 1 saturated heterocycles. The molecule has 2 amide bonds. The van der Waals surface area contributed by atoms with Gasteiger partial charge in [0.1, 0.15) is 0 Å². The Bertz CT molecular complexity index is 1320. The van der Waals surface area contributed by atoms with E-state index in [-0.39, 0.29) is 44.6 Å². The molecule has 1 atom stereocenters. The van der Waals surface area contributed by atoms with E-state index in [0.29, 0.717) is 25.3 Å². The zero-order valence-electron chi connectivity index (χ0n) is 21.5. The number of nitrogens with one attached hydrogen (secondary N) is 2. The lowest BCUT2D eigenvalue weighted by molar-refractivity contribution is -0.143. The average molecular weight is 571 g/mol. The number of rotatable bonds is 8. The largest absolute Gasteiger partial charge is 0.416 e. The van der Waals surface area contributed by atoms with Crippen molar-refractivity contribution in [2.75, 3.05) is 46.4 Å². The predicted octanol–water partition coefficient (Wildman–Crippen LogP) is 4.34. The summed E-state index contributed by atoms with van der Waals surface area (Å²) in [6, 6.07) is 7.69. The lowest BCUT2D eigenvalue weighted by atomic mass is 9.98. The van der Waals surface area contributed by atoms with Crippen molar-refractivity contribution in [3.05, 3.63) is 70.9 Å². The molecular weight excluding hydrogens is 542 g/mol. The molecule has 1 aromatic heterocycles. The molecule has 40 heavy (non-hydrogen) atoms. The fourth-order valence-corrected chi connectivity index (χ4v) is 4.86. The van der Waals surface area contributed by atoms with Gasteiger partial charge in [-0.25, -0.2) is 0 Å². The van der Waals surface area contributed by atoms with Gasteiger partial charge in [-0.2, -0.15) is 26.3 Å². The highest BCUT2D eigenvalue weighted by molar-refractivity contribution is 5.95. The Morgan fingerprint density at radius 2 is 1.70 bits per heavy atom. The molecule has 13 heteroatoms. The van der Waals surface area contributed by atoms with Gasteiger partial charge >= 0.3 is 12.4 Å². The highest BCUT2D eigenvalue weighted by atomic mass is 19.4. The van der Waals surface area contributed by atoms with Gasteiger partial charge in [-0.05, 0) is 36.2 Å². The third kappa shape index (κ3) is 6.94. The van der Waals surface area contributed by atoms with Crippen LogP contribution in [0.2, 0.25) is 0 Å². The number of aromatic nitrogens is 1. The minimum atomic E-state index is -5.07. The molecule has 0 radical (unpaired) electrons. The molecule has 216 valence electrons. The number of hydrogen-bond donors (Lipinski definition) is 2. The van der Waals surface area contributed by atoms with Crippen LogP contribution in [-0.2, 0) is 28.3 Å². The summed E-state index contributed by atoms with van der Waals surface area (Å²) in [5, 5.41) is 3.59. The van der Waals surface area contributed by atoms with E-state index >= 15 is 0 Å². The number of halogens is 6. The number of carbonyl (C=O) groups excluding carboxylic acids is 2. The van der Waals surface area contributed by atoms with Crippen LogP contribution < -0.4 is 5.32 Å². The zero-order chi connectivity index (χ0) is 29.1. The number of nitrogens with zero attached hydrogens (tertiary/aromatic N) is 2. The van der Waals surface area contributed by atoms with Crippen LogP contribution in [0.1, 0.15) is 27.0 Å². The Morgan fingerprint density at radius 3 is 2.35 bits per heavy atom. The molecule has 0 bridgehead atoms. The summed E-state index contributed by atoms with van der Waals surface area (Å²) < 4.78 is 85.6. The monoisotopic (exact) mass is 570 g/mol. The smallest absolute Gasteiger partial charge is 0.383 e. The first kappa shape index (κ1) is 29.4. The summed E-state index contributed by atoms with van der Waals surface area (Å²) >= 11 is 0. The lowest BCUT2D eigenvalue weighted by Gasteiger charge is -2.41. The highest BCUT2D eigenvalue weighted by Gasteiger charge is 2.39. The molecule has 0 saturated carbocycles. The molecule has 1 aliphatic rings. The van der Waals surface area contributed by atoms with Crippen molar-refractivity contribution in [3.8, 4) is 0 Å². The lowest BCUT2D eigenvalue weighted by Crippen LogP contribution is -2.57. The van der Waals surface area contributed by atoms with Crippen LogP contribution in [0.4, 0.5) is 26.3 Å². The molecule has 3 aromatic rings. The Hall–Kier alpha value is -3.58.